The van der Waals surface area contributed by atoms with Gasteiger partial charge in [-0.15, -0.1) is 0 Å². The Morgan fingerprint density at radius 3 is 3.00 bits per heavy atom. The van der Waals surface area contributed by atoms with Gasteiger partial charge in [0.25, 0.3) is 0 Å². The second-order valence-corrected chi connectivity index (χ2v) is 4.12. The number of hydrogen-bond donors (Lipinski definition) is 1. The molecular formula is C14H18N2O. The fourth-order valence-electron chi connectivity index (χ4n) is 1.84. The van der Waals surface area contributed by atoms with E-state index in [1.54, 1.807) is 12.5 Å². The van der Waals surface area contributed by atoms with Crippen LogP contribution in [0.1, 0.15) is 36.7 Å². The van der Waals surface area contributed by atoms with Gasteiger partial charge >= 0.3 is 0 Å². The molecule has 1 atom stereocenters. The van der Waals surface area contributed by atoms with E-state index in [-0.39, 0.29) is 6.04 Å². The third-order valence-electron chi connectivity index (χ3n) is 2.98. The fraction of sp³-hybridized carbons (Fsp3) is 0.357. The number of hydrogen-bond acceptors (Lipinski definition) is 3. The predicted molar refractivity (Wildman–Crippen MR) is 67.6 cm³/mol. The first-order valence-corrected chi connectivity index (χ1v) is 5.99. The fourth-order valence-corrected chi connectivity index (χ4v) is 1.84. The second kappa shape index (κ2) is 5.64. The summed E-state index contributed by atoms with van der Waals surface area (Å²) in [5.74, 6) is 0. The molecule has 0 amide bonds. The molecule has 1 unspecified atom stereocenters. The SMILES string of the molecule is CCc1cccnc1CNC(C)c1ccoc1. The molecule has 90 valence electrons. The van der Waals surface area contributed by atoms with Gasteiger partial charge in [0.1, 0.15) is 0 Å². The van der Waals surface area contributed by atoms with Crippen molar-refractivity contribution in [3.05, 3.63) is 53.7 Å². The molecule has 0 saturated carbocycles. The predicted octanol–water partition coefficient (Wildman–Crippen LogP) is 3.09. The number of aromatic nitrogens is 1. The molecule has 3 nitrogen and oxygen atoms in total. The number of nitrogens with zero attached hydrogens (tertiary/aromatic N) is 1. The van der Waals surface area contributed by atoms with Gasteiger partial charge < -0.3 is 9.73 Å². The molecule has 0 radical (unpaired) electrons. The molecule has 1 N–H and O–H groups in total. The van der Waals surface area contributed by atoms with Crippen molar-refractivity contribution < 1.29 is 4.42 Å². The Morgan fingerprint density at radius 2 is 2.29 bits per heavy atom. The molecule has 17 heavy (non-hydrogen) atoms. The summed E-state index contributed by atoms with van der Waals surface area (Å²) in [5, 5.41) is 3.45. The van der Waals surface area contributed by atoms with Gasteiger partial charge in [-0.3, -0.25) is 4.98 Å². The van der Waals surface area contributed by atoms with Crippen molar-refractivity contribution in [1.82, 2.24) is 10.3 Å². The zero-order valence-corrected chi connectivity index (χ0v) is 10.3. The van der Waals surface area contributed by atoms with Crippen molar-refractivity contribution in [1.29, 1.82) is 0 Å². The van der Waals surface area contributed by atoms with Crippen LogP contribution in [0.15, 0.2) is 41.3 Å². The number of rotatable bonds is 5. The molecule has 0 aliphatic rings. The smallest absolute Gasteiger partial charge is 0.0950 e. The molecule has 0 fully saturated rings. The molecular weight excluding hydrogens is 212 g/mol. The maximum absolute atomic E-state index is 5.08. The zero-order chi connectivity index (χ0) is 12.1. The minimum atomic E-state index is 0.278. The summed E-state index contributed by atoms with van der Waals surface area (Å²) in [5.41, 5.74) is 3.60. The zero-order valence-electron chi connectivity index (χ0n) is 10.3. The lowest BCUT2D eigenvalue weighted by Gasteiger charge is -2.13. The van der Waals surface area contributed by atoms with E-state index >= 15 is 0 Å². The van der Waals surface area contributed by atoms with Gasteiger partial charge in [0.2, 0.25) is 0 Å². The monoisotopic (exact) mass is 230 g/mol. The maximum atomic E-state index is 5.08. The van der Waals surface area contributed by atoms with E-state index in [1.807, 2.05) is 18.3 Å². The lowest BCUT2D eigenvalue weighted by molar-refractivity contribution is 0.535. The van der Waals surface area contributed by atoms with E-state index in [0.717, 1.165) is 18.7 Å². The Morgan fingerprint density at radius 1 is 1.41 bits per heavy atom. The van der Waals surface area contributed by atoms with Crippen molar-refractivity contribution in [2.45, 2.75) is 32.9 Å². The van der Waals surface area contributed by atoms with Crippen LogP contribution in [0.4, 0.5) is 0 Å². The van der Waals surface area contributed by atoms with Gasteiger partial charge in [0.05, 0.1) is 18.2 Å². The molecule has 2 rings (SSSR count). The average Bonchev–Trinajstić information content (AvgIpc) is 2.90. The largest absolute Gasteiger partial charge is 0.472 e. The van der Waals surface area contributed by atoms with Crippen LogP contribution in [0.5, 0.6) is 0 Å². The van der Waals surface area contributed by atoms with Crippen LogP contribution in [0.2, 0.25) is 0 Å². The van der Waals surface area contributed by atoms with E-state index in [2.05, 4.69) is 30.2 Å². The van der Waals surface area contributed by atoms with Gasteiger partial charge in [-0.05, 0) is 31.0 Å². The van der Waals surface area contributed by atoms with E-state index < -0.39 is 0 Å². The van der Waals surface area contributed by atoms with Gasteiger partial charge in [0, 0.05) is 24.3 Å². The summed E-state index contributed by atoms with van der Waals surface area (Å²) in [7, 11) is 0. The first-order valence-electron chi connectivity index (χ1n) is 5.99. The standard InChI is InChI=1S/C14H18N2O/c1-3-12-5-4-7-15-14(12)9-16-11(2)13-6-8-17-10-13/h4-8,10-11,16H,3,9H2,1-2H3. The number of furan rings is 1. The Labute approximate surface area is 102 Å². The minimum absolute atomic E-state index is 0.278. The average molecular weight is 230 g/mol. The van der Waals surface area contributed by atoms with Crippen molar-refractivity contribution >= 4 is 0 Å². The highest BCUT2D eigenvalue weighted by Gasteiger charge is 2.07. The summed E-state index contributed by atoms with van der Waals surface area (Å²) in [6, 6.07) is 6.38. The van der Waals surface area contributed by atoms with Gasteiger partial charge in [0.15, 0.2) is 0 Å². The summed E-state index contributed by atoms with van der Waals surface area (Å²) >= 11 is 0. The third-order valence-corrected chi connectivity index (χ3v) is 2.98. The van der Waals surface area contributed by atoms with Gasteiger partial charge in [-0.25, -0.2) is 0 Å². The minimum Gasteiger partial charge on any atom is -0.472 e. The highest BCUT2D eigenvalue weighted by Crippen LogP contribution is 2.14. The lowest BCUT2D eigenvalue weighted by atomic mass is 10.1. The summed E-state index contributed by atoms with van der Waals surface area (Å²) < 4.78 is 5.08. The molecule has 2 aromatic rings. The van der Waals surface area contributed by atoms with Crippen LogP contribution in [0.3, 0.4) is 0 Å². The molecule has 0 bridgehead atoms. The van der Waals surface area contributed by atoms with Crippen molar-refractivity contribution in [2.24, 2.45) is 0 Å². The first kappa shape index (κ1) is 11.9. The maximum Gasteiger partial charge on any atom is 0.0950 e. The van der Waals surface area contributed by atoms with Crippen LogP contribution in [0, 0.1) is 0 Å². The van der Waals surface area contributed by atoms with Crippen LogP contribution in [0.25, 0.3) is 0 Å². The lowest BCUT2D eigenvalue weighted by Crippen LogP contribution is -2.19. The topological polar surface area (TPSA) is 38.1 Å². The van der Waals surface area contributed by atoms with Gasteiger partial charge in [-0.2, -0.15) is 0 Å². The van der Waals surface area contributed by atoms with Crippen LogP contribution in [-0.4, -0.2) is 4.98 Å². The normalized spacial score (nSPS) is 12.6. The van der Waals surface area contributed by atoms with Gasteiger partial charge in [-0.1, -0.05) is 13.0 Å². The summed E-state index contributed by atoms with van der Waals surface area (Å²) in [6.07, 6.45) is 6.34. The Kier molecular flexibility index (Phi) is 3.94. The van der Waals surface area contributed by atoms with Crippen molar-refractivity contribution in [3.8, 4) is 0 Å². The van der Waals surface area contributed by atoms with E-state index in [0.29, 0.717) is 0 Å². The molecule has 0 spiro atoms. The Balaban J connectivity index is 1.98. The van der Waals surface area contributed by atoms with Crippen LogP contribution in [-0.2, 0) is 13.0 Å². The molecule has 0 saturated heterocycles. The molecule has 2 aromatic heterocycles. The van der Waals surface area contributed by atoms with Crippen LogP contribution < -0.4 is 5.32 Å². The first-order chi connectivity index (χ1) is 8.31. The van der Waals surface area contributed by atoms with E-state index in [4.69, 9.17) is 4.42 Å². The summed E-state index contributed by atoms with van der Waals surface area (Å²) in [6.45, 7) is 5.07. The number of nitrogens with one attached hydrogen (secondary N) is 1. The number of aryl methyl sites for hydroxylation is 1. The van der Waals surface area contributed by atoms with Crippen LogP contribution >= 0.6 is 0 Å². The van der Waals surface area contributed by atoms with E-state index in [9.17, 15) is 0 Å². The Hall–Kier alpha value is -1.61. The quantitative estimate of drug-likeness (QED) is 0.857. The number of pyridine rings is 1. The highest BCUT2D eigenvalue weighted by molar-refractivity contribution is 5.20. The highest BCUT2D eigenvalue weighted by atomic mass is 16.3. The summed E-state index contributed by atoms with van der Waals surface area (Å²) in [4.78, 5) is 4.42. The molecule has 2 heterocycles. The molecule has 3 heteroatoms. The molecule has 0 aliphatic carbocycles. The van der Waals surface area contributed by atoms with Crippen molar-refractivity contribution in [2.75, 3.05) is 0 Å². The second-order valence-electron chi connectivity index (χ2n) is 4.12. The third kappa shape index (κ3) is 2.94. The van der Waals surface area contributed by atoms with E-state index in [1.165, 1.54) is 11.1 Å². The van der Waals surface area contributed by atoms with Crippen molar-refractivity contribution in [3.63, 3.8) is 0 Å². The molecule has 0 aromatic carbocycles. The molecule has 0 aliphatic heterocycles. The Bertz CT molecular complexity index is 451.